The monoisotopic (exact) mass is 318 g/mol. The molecule has 0 saturated carbocycles. The van der Waals surface area contributed by atoms with Crippen molar-refractivity contribution in [3.8, 4) is 5.75 Å². The van der Waals surface area contributed by atoms with Crippen molar-refractivity contribution in [2.45, 2.75) is 31.3 Å². The van der Waals surface area contributed by atoms with Crippen molar-refractivity contribution in [2.24, 2.45) is 0 Å². The summed E-state index contributed by atoms with van der Waals surface area (Å²) >= 11 is 0. The fourth-order valence-electron chi connectivity index (χ4n) is 3.68. The van der Waals surface area contributed by atoms with Crippen LogP contribution >= 0.6 is 0 Å². The summed E-state index contributed by atoms with van der Waals surface area (Å²) < 4.78 is 5.31. The SMILES string of the molecule is COc1ccccc1CC(=O)N1CC[C@](O)(CN2CCCC2)C1. The van der Waals surface area contributed by atoms with E-state index >= 15 is 0 Å². The third kappa shape index (κ3) is 3.85. The van der Waals surface area contributed by atoms with Crippen LogP contribution in [0.4, 0.5) is 0 Å². The third-order valence-electron chi connectivity index (χ3n) is 4.94. The molecule has 0 unspecified atom stereocenters. The van der Waals surface area contributed by atoms with Crippen LogP contribution < -0.4 is 4.74 Å². The zero-order valence-electron chi connectivity index (χ0n) is 13.8. The molecule has 0 radical (unpaired) electrons. The molecular formula is C18H26N2O3. The summed E-state index contributed by atoms with van der Waals surface area (Å²) in [5.74, 6) is 0.805. The van der Waals surface area contributed by atoms with Crippen LogP contribution in [0.15, 0.2) is 24.3 Å². The quantitative estimate of drug-likeness (QED) is 0.889. The molecule has 2 fully saturated rings. The van der Waals surface area contributed by atoms with E-state index < -0.39 is 5.60 Å². The number of hydrogen-bond donors (Lipinski definition) is 1. The topological polar surface area (TPSA) is 53.0 Å². The van der Waals surface area contributed by atoms with Crippen LogP contribution in [-0.4, -0.2) is 66.2 Å². The number of nitrogens with zero attached hydrogens (tertiary/aromatic N) is 2. The lowest BCUT2D eigenvalue weighted by molar-refractivity contribution is -0.130. The van der Waals surface area contributed by atoms with E-state index in [4.69, 9.17) is 4.74 Å². The minimum atomic E-state index is -0.749. The molecule has 0 spiro atoms. The number of aliphatic hydroxyl groups is 1. The van der Waals surface area contributed by atoms with Crippen molar-refractivity contribution in [3.63, 3.8) is 0 Å². The molecule has 0 aromatic heterocycles. The van der Waals surface area contributed by atoms with Gasteiger partial charge >= 0.3 is 0 Å². The molecule has 0 aliphatic carbocycles. The number of β-amino-alcohol motifs (C(OH)–C–C–N with tert-alkyl or cyclic N) is 1. The largest absolute Gasteiger partial charge is 0.496 e. The van der Waals surface area contributed by atoms with Gasteiger partial charge in [-0.15, -0.1) is 0 Å². The molecule has 5 heteroatoms. The summed E-state index contributed by atoms with van der Waals surface area (Å²) in [5.41, 5.74) is 0.149. The highest BCUT2D eigenvalue weighted by molar-refractivity contribution is 5.80. The summed E-state index contributed by atoms with van der Waals surface area (Å²) in [7, 11) is 1.62. The Morgan fingerprint density at radius 1 is 1.26 bits per heavy atom. The van der Waals surface area contributed by atoms with Gasteiger partial charge in [-0.2, -0.15) is 0 Å². The Morgan fingerprint density at radius 3 is 2.74 bits per heavy atom. The van der Waals surface area contributed by atoms with Crippen molar-refractivity contribution in [1.82, 2.24) is 9.80 Å². The molecule has 23 heavy (non-hydrogen) atoms. The van der Waals surface area contributed by atoms with Crippen LogP contribution in [0.2, 0.25) is 0 Å². The van der Waals surface area contributed by atoms with E-state index in [1.54, 1.807) is 12.0 Å². The molecule has 1 amide bonds. The summed E-state index contributed by atoms with van der Waals surface area (Å²) in [5, 5.41) is 10.8. The Morgan fingerprint density at radius 2 is 2.00 bits per heavy atom. The van der Waals surface area contributed by atoms with Crippen LogP contribution in [-0.2, 0) is 11.2 Å². The number of amides is 1. The summed E-state index contributed by atoms with van der Waals surface area (Å²) in [4.78, 5) is 16.7. The summed E-state index contributed by atoms with van der Waals surface area (Å²) in [6, 6.07) is 7.61. The van der Waals surface area contributed by atoms with Gasteiger partial charge < -0.3 is 19.6 Å². The summed E-state index contributed by atoms with van der Waals surface area (Å²) in [6.07, 6.45) is 3.42. The van der Waals surface area contributed by atoms with Crippen LogP contribution in [0.1, 0.15) is 24.8 Å². The van der Waals surface area contributed by atoms with Crippen molar-refractivity contribution in [3.05, 3.63) is 29.8 Å². The zero-order chi connectivity index (χ0) is 16.3. The number of rotatable bonds is 5. The lowest BCUT2D eigenvalue weighted by atomic mass is 10.0. The molecule has 1 aromatic rings. The first-order valence-electron chi connectivity index (χ1n) is 8.44. The Labute approximate surface area is 137 Å². The molecule has 126 valence electrons. The molecular weight excluding hydrogens is 292 g/mol. The van der Waals surface area contributed by atoms with E-state index in [1.165, 1.54) is 12.8 Å². The number of hydrogen-bond acceptors (Lipinski definition) is 4. The molecule has 5 nitrogen and oxygen atoms in total. The number of ether oxygens (including phenoxy) is 1. The number of methoxy groups -OCH3 is 1. The maximum Gasteiger partial charge on any atom is 0.227 e. The second-order valence-corrected chi connectivity index (χ2v) is 6.76. The molecule has 1 aromatic carbocycles. The number of benzene rings is 1. The van der Waals surface area contributed by atoms with E-state index in [1.807, 2.05) is 24.3 Å². The van der Waals surface area contributed by atoms with E-state index in [2.05, 4.69) is 4.90 Å². The molecule has 2 saturated heterocycles. The number of carbonyl (C=O) groups excluding carboxylic acids is 1. The average molecular weight is 318 g/mol. The van der Waals surface area contributed by atoms with Gasteiger partial charge in [-0.1, -0.05) is 18.2 Å². The third-order valence-corrected chi connectivity index (χ3v) is 4.94. The van der Waals surface area contributed by atoms with E-state index in [-0.39, 0.29) is 5.91 Å². The second kappa shape index (κ2) is 6.89. The van der Waals surface area contributed by atoms with Gasteiger partial charge in [0, 0.05) is 18.7 Å². The van der Waals surface area contributed by atoms with Gasteiger partial charge in [0.1, 0.15) is 5.75 Å². The normalized spacial score (nSPS) is 25.0. The lowest BCUT2D eigenvalue weighted by Crippen LogP contribution is -2.45. The summed E-state index contributed by atoms with van der Waals surface area (Å²) in [6.45, 7) is 3.90. The van der Waals surface area contributed by atoms with Crippen LogP contribution in [0.25, 0.3) is 0 Å². The van der Waals surface area contributed by atoms with Gasteiger partial charge in [-0.3, -0.25) is 4.79 Å². The Kier molecular flexibility index (Phi) is 4.87. The van der Waals surface area contributed by atoms with E-state index in [0.717, 1.165) is 24.4 Å². The standard InChI is InChI=1S/C18H26N2O3/c1-23-16-7-3-2-6-15(16)12-17(21)20-11-8-18(22,14-20)13-19-9-4-5-10-19/h2-3,6-7,22H,4-5,8-14H2,1H3/t18-/m0/s1. The first-order valence-corrected chi connectivity index (χ1v) is 8.44. The second-order valence-electron chi connectivity index (χ2n) is 6.76. The van der Waals surface area contributed by atoms with Gasteiger partial charge in [0.05, 0.1) is 25.7 Å². The number of likely N-dealkylation sites (tertiary alicyclic amines) is 2. The minimum absolute atomic E-state index is 0.0619. The molecule has 2 heterocycles. The van der Waals surface area contributed by atoms with E-state index in [0.29, 0.717) is 32.5 Å². The van der Waals surface area contributed by atoms with Crippen molar-refractivity contribution in [2.75, 3.05) is 39.8 Å². The maximum atomic E-state index is 12.6. The Bertz CT molecular complexity index is 557. The predicted octanol–water partition coefficient (Wildman–Crippen LogP) is 1.30. The zero-order valence-corrected chi connectivity index (χ0v) is 13.8. The van der Waals surface area contributed by atoms with Crippen molar-refractivity contribution in [1.29, 1.82) is 0 Å². The first-order chi connectivity index (χ1) is 11.1. The molecule has 1 atom stereocenters. The highest BCUT2D eigenvalue weighted by Crippen LogP contribution is 2.26. The fourth-order valence-corrected chi connectivity index (χ4v) is 3.68. The Hall–Kier alpha value is -1.59. The van der Waals surface area contributed by atoms with Crippen molar-refractivity contribution >= 4 is 5.91 Å². The highest BCUT2D eigenvalue weighted by atomic mass is 16.5. The Balaban J connectivity index is 1.58. The number of carbonyl (C=O) groups is 1. The molecule has 0 bridgehead atoms. The molecule has 1 N–H and O–H groups in total. The van der Waals surface area contributed by atoms with Gasteiger partial charge in [0.25, 0.3) is 0 Å². The van der Waals surface area contributed by atoms with E-state index in [9.17, 15) is 9.90 Å². The first kappa shape index (κ1) is 16.3. The molecule has 2 aliphatic rings. The van der Waals surface area contributed by atoms with Crippen LogP contribution in [0.5, 0.6) is 5.75 Å². The highest BCUT2D eigenvalue weighted by Gasteiger charge is 2.39. The van der Waals surface area contributed by atoms with Crippen molar-refractivity contribution < 1.29 is 14.6 Å². The fraction of sp³-hybridized carbons (Fsp3) is 0.611. The predicted molar refractivity (Wildman–Crippen MR) is 88.5 cm³/mol. The van der Waals surface area contributed by atoms with Crippen LogP contribution in [0.3, 0.4) is 0 Å². The average Bonchev–Trinajstić information content (AvgIpc) is 3.18. The number of para-hydroxylation sites is 1. The smallest absolute Gasteiger partial charge is 0.227 e. The molecule has 3 rings (SSSR count). The van der Waals surface area contributed by atoms with Gasteiger partial charge in [-0.25, -0.2) is 0 Å². The van der Waals surface area contributed by atoms with Gasteiger partial charge in [0.2, 0.25) is 5.91 Å². The minimum Gasteiger partial charge on any atom is -0.496 e. The maximum absolute atomic E-state index is 12.6. The van der Waals surface area contributed by atoms with Gasteiger partial charge in [-0.05, 0) is 38.4 Å². The lowest BCUT2D eigenvalue weighted by Gasteiger charge is -2.28. The molecule has 2 aliphatic heterocycles. The van der Waals surface area contributed by atoms with Crippen LogP contribution in [0, 0.1) is 0 Å². The van der Waals surface area contributed by atoms with Gasteiger partial charge in [0.15, 0.2) is 0 Å².